The molecule has 0 unspecified atom stereocenters. The van der Waals surface area contributed by atoms with Gasteiger partial charge in [0.15, 0.2) is 11.5 Å². The maximum Gasteiger partial charge on any atom is 0.274 e. The fraction of sp³-hybridized carbons (Fsp3) is 0.200. The molecular weight excluding hydrogens is 292 g/mol. The number of nitrogens with zero attached hydrogens (tertiary/aromatic N) is 1. The number of anilines is 1. The Bertz CT molecular complexity index is 647. The molecule has 0 radical (unpaired) electrons. The Morgan fingerprint density at radius 3 is 2.76 bits per heavy atom. The molecule has 0 spiro atoms. The summed E-state index contributed by atoms with van der Waals surface area (Å²) in [4.78, 5) is 16.0. The number of aromatic nitrogens is 1. The van der Waals surface area contributed by atoms with Crippen molar-refractivity contribution in [3.63, 3.8) is 0 Å². The lowest BCUT2D eigenvalue weighted by atomic mass is 10.2. The van der Waals surface area contributed by atoms with E-state index in [0.717, 1.165) is 0 Å². The molecule has 1 aromatic carbocycles. The van der Waals surface area contributed by atoms with E-state index in [0.29, 0.717) is 23.8 Å². The summed E-state index contributed by atoms with van der Waals surface area (Å²) in [5.74, 6) is 0.831. The number of carbonyl (C=O) groups is 1. The number of methoxy groups -OCH3 is 1. The van der Waals surface area contributed by atoms with E-state index < -0.39 is 0 Å². The number of nitrogens with one attached hydrogen (secondary N) is 1. The van der Waals surface area contributed by atoms with Gasteiger partial charge in [-0.1, -0.05) is 17.7 Å². The quantitative estimate of drug-likeness (QED) is 0.860. The fourth-order valence-corrected chi connectivity index (χ4v) is 1.92. The molecule has 0 saturated carbocycles. The van der Waals surface area contributed by atoms with Gasteiger partial charge in [-0.05, 0) is 31.2 Å². The van der Waals surface area contributed by atoms with E-state index in [1.165, 1.54) is 0 Å². The van der Waals surface area contributed by atoms with Gasteiger partial charge >= 0.3 is 0 Å². The van der Waals surface area contributed by atoms with Crippen molar-refractivity contribution < 1.29 is 14.3 Å². The summed E-state index contributed by atoms with van der Waals surface area (Å²) < 4.78 is 10.7. The van der Waals surface area contributed by atoms with Crippen molar-refractivity contribution in [2.24, 2.45) is 0 Å². The minimum Gasteiger partial charge on any atom is -0.493 e. The Labute approximate surface area is 127 Å². The highest BCUT2D eigenvalue weighted by atomic mass is 35.5. The van der Waals surface area contributed by atoms with Gasteiger partial charge in [-0.2, -0.15) is 0 Å². The number of ether oxygens (including phenoxy) is 2. The summed E-state index contributed by atoms with van der Waals surface area (Å²) in [6.45, 7) is 2.38. The molecule has 0 saturated heterocycles. The van der Waals surface area contributed by atoms with Crippen LogP contribution in [0.15, 0.2) is 36.4 Å². The van der Waals surface area contributed by atoms with Crippen LogP contribution in [0, 0.1) is 0 Å². The first kappa shape index (κ1) is 15.1. The molecule has 0 aliphatic carbocycles. The van der Waals surface area contributed by atoms with Crippen molar-refractivity contribution >= 4 is 23.2 Å². The average molecular weight is 307 g/mol. The SMILES string of the molecule is CCOc1cc(NC(=O)c2cccc(Cl)n2)ccc1OC. The number of pyridine rings is 1. The highest BCUT2D eigenvalue weighted by molar-refractivity contribution is 6.29. The van der Waals surface area contributed by atoms with Gasteiger partial charge in [0.1, 0.15) is 10.8 Å². The van der Waals surface area contributed by atoms with Gasteiger partial charge in [0.2, 0.25) is 0 Å². The normalized spacial score (nSPS) is 10.0. The van der Waals surface area contributed by atoms with E-state index in [1.54, 1.807) is 43.5 Å². The number of amides is 1. The minimum absolute atomic E-state index is 0.247. The third-order valence-electron chi connectivity index (χ3n) is 2.67. The van der Waals surface area contributed by atoms with Crippen molar-refractivity contribution in [3.05, 3.63) is 47.2 Å². The lowest BCUT2D eigenvalue weighted by Crippen LogP contribution is -2.13. The second kappa shape index (κ2) is 6.95. The molecule has 21 heavy (non-hydrogen) atoms. The predicted molar refractivity (Wildman–Crippen MR) is 81.4 cm³/mol. The van der Waals surface area contributed by atoms with Crippen LogP contribution in [0.3, 0.4) is 0 Å². The van der Waals surface area contributed by atoms with Crippen LogP contribution in [0.1, 0.15) is 17.4 Å². The standard InChI is InChI=1S/C15H15ClN2O3/c1-3-21-13-9-10(7-8-12(13)20-2)17-15(19)11-5-4-6-14(16)18-11/h4-9H,3H2,1-2H3,(H,17,19). The second-order valence-corrected chi connectivity index (χ2v) is 4.49. The maximum atomic E-state index is 12.1. The van der Waals surface area contributed by atoms with Crippen LogP contribution in [0.25, 0.3) is 0 Å². The molecule has 6 heteroatoms. The second-order valence-electron chi connectivity index (χ2n) is 4.10. The van der Waals surface area contributed by atoms with Crippen LogP contribution < -0.4 is 14.8 Å². The van der Waals surface area contributed by atoms with Gasteiger partial charge in [0.05, 0.1) is 13.7 Å². The van der Waals surface area contributed by atoms with Crippen LogP contribution in [0.4, 0.5) is 5.69 Å². The smallest absolute Gasteiger partial charge is 0.274 e. The summed E-state index contributed by atoms with van der Waals surface area (Å²) in [7, 11) is 1.56. The molecule has 0 aliphatic heterocycles. The zero-order chi connectivity index (χ0) is 15.2. The number of rotatable bonds is 5. The van der Waals surface area contributed by atoms with E-state index in [-0.39, 0.29) is 16.8 Å². The van der Waals surface area contributed by atoms with Gasteiger partial charge in [0, 0.05) is 11.8 Å². The van der Waals surface area contributed by atoms with E-state index in [4.69, 9.17) is 21.1 Å². The first-order valence-corrected chi connectivity index (χ1v) is 6.76. The van der Waals surface area contributed by atoms with Gasteiger partial charge < -0.3 is 14.8 Å². The Hall–Kier alpha value is -2.27. The van der Waals surface area contributed by atoms with Crippen LogP contribution in [-0.2, 0) is 0 Å². The van der Waals surface area contributed by atoms with Crippen molar-refractivity contribution in [1.82, 2.24) is 4.98 Å². The first-order chi connectivity index (χ1) is 10.1. The van der Waals surface area contributed by atoms with Gasteiger partial charge in [-0.25, -0.2) is 4.98 Å². The number of benzene rings is 1. The number of carbonyl (C=O) groups excluding carboxylic acids is 1. The molecular formula is C15H15ClN2O3. The molecule has 2 aromatic rings. The predicted octanol–water partition coefficient (Wildman–Crippen LogP) is 3.39. The largest absolute Gasteiger partial charge is 0.493 e. The van der Waals surface area contributed by atoms with Crippen LogP contribution in [0.5, 0.6) is 11.5 Å². The molecule has 0 atom stereocenters. The molecule has 5 nitrogen and oxygen atoms in total. The van der Waals surface area contributed by atoms with Crippen LogP contribution >= 0.6 is 11.6 Å². The Morgan fingerprint density at radius 1 is 1.29 bits per heavy atom. The number of hydrogen-bond donors (Lipinski definition) is 1. The topological polar surface area (TPSA) is 60.5 Å². The Balaban J connectivity index is 2.19. The fourth-order valence-electron chi connectivity index (χ4n) is 1.75. The third kappa shape index (κ3) is 3.86. The molecule has 2 rings (SSSR count). The summed E-state index contributed by atoms with van der Waals surface area (Å²) >= 11 is 5.77. The molecule has 110 valence electrons. The zero-order valence-electron chi connectivity index (χ0n) is 11.7. The monoisotopic (exact) mass is 306 g/mol. The number of halogens is 1. The van der Waals surface area contributed by atoms with E-state index >= 15 is 0 Å². The summed E-state index contributed by atoms with van der Waals surface area (Å²) in [6.07, 6.45) is 0. The molecule has 0 aliphatic rings. The van der Waals surface area contributed by atoms with Crippen molar-refractivity contribution in [1.29, 1.82) is 0 Å². The van der Waals surface area contributed by atoms with Crippen LogP contribution in [0.2, 0.25) is 5.15 Å². The third-order valence-corrected chi connectivity index (χ3v) is 2.88. The zero-order valence-corrected chi connectivity index (χ0v) is 12.5. The van der Waals surface area contributed by atoms with E-state index in [1.807, 2.05) is 6.92 Å². The molecule has 0 bridgehead atoms. The Kier molecular flexibility index (Phi) is 5.00. The molecule has 1 N–H and O–H groups in total. The Morgan fingerprint density at radius 2 is 2.10 bits per heavy atom. The average Bonchev–Trinajstić information content (AvgIpc) is 2.48. The van der Waals surface area contributed by atoms with E-state index in [9.17, 15) is 4.79 Å². The van der Waals surface area contributed by atoms with Crippen molar-refractivity contribution in [2.45, 2.75) is 6.92 Å². The van der Waals surface area contributed by atoms with Gasteiger partial charge in [0.25, 0.3) is 5.91 Å². The first-order valence-electron chi connectivity index (χ1n) is 6.38. The number of hydrogen-bond acceptors (Lipinski definition) is 4. The highest BCUT2D eigenvalue weighted by Crippen LogP contribution is 2.30. The summed E-state index contributed by atoms with van der Waals surface area (Å²) in [5, 5.41) is 3.01. The van der Waals surface area contributed by atoms with E-state index in [2.05, 4.69) is 10.3 Å². The van der Waals surface area contributed by atoms with Crippen molar-refractivity contribution in [3.8, 4) is 11.5 Å². The summed E-state index contributed by atoms with van der Waals surface area (Å²) in [5.41, 5.74) is 0.835. The molecule has 0 fully saturated rings. The van der Waals surface area contributed by atoms with Crippen LogP contribution in [-0.4, -0.2) is 24.6 Å². The lowest BCUT2D eigenvalue weighted by Gasteiger charge is -2.11. The minimum atomic E-state index is -0.342. The van der Waals surface area contributed by atoms with Gasteiger partial charge in [-0.3, -0.25) is 4.79 Å². The molecule has 1 amide bonds. The van der Waals surface area contributed by atoms with Gasteiger partial charge in [-0.15, -0.1) is 0 Å². The maximum absolute atomic E-state index is 12.1. The van der Waals surface area contributed by atoms with Crippen molar-refractivity contribution in [2.75, 3.05) is 19.0 Å². The molecule has 1 heterocycles. The summed E-state index contributed by atoms with van der Waals surface area (Å²) in [6, 6.07) is 10.0. The molecule has 1 aromatic heterocycles. The highest BCUT2D eigenvalue weighted by Gasteiger charge is 2.10. The lowest BCUT2D eigenvalue weighted by molar-refractivity contribution is 0.102.